The lowest BCUT2D eigenvalue weighted by Gasteiger charge is -2.29. The number of hydrogen-bond acceptors (Lipinski definition) is 19. The Morgan fingerprint density at radius 2 is 0.642 bits per heavy atom. The van der Waals surface area contributed by atoms with Crippen LogP contribution in [0.2, 0.25) is 6.32 Å². The van der Waals surface area contributed by atoms with E-state index in [9.17, 15) is 53.4 Å². The summed E-state index contributed by atoms with van der Waals surface area (Å²) in [5.41, 5.74) is 29.8. The van der Waals surface area contributed by atoms with E-state index in [-0.39, 0.29) is 102 Å². The van der Waals surface area contributed by atoms with E-state index >= 15 is 24.0 Å². The molecule has 5 aromatic rings. The van der Waals surface area contributed by atoms with Gasteiger partial charge in [0.2, 0.25) is 84.1 Å². The molecule has 13 amide bonds. The number of aliphatic hydroxyl groups excluding tert-OH is 1. The van der Waals surface area contributed by atoms with Gasteiger partial charge in [0.25, 0.3) is 0 Å². The number of carbonyl (C=O) groups is 14. The van der Waals surface area contributed by atoms with Crippen molar-refractivity contribution in [2.75, 3.05) is 19.6 Å². The Morgan fingerprint density at radius 1 is 0.367 bits per heavy atom. The molecule has 643 valence electrons. The number of primary amides is 2. The molecule has 1 heterocycles. The van der Waals surface area contributed by atoms with E-state index in [2.05, 4.69) is 74.4 Å². The number of aromatic hydroxyl groups is 1. The van der Waals surface area contributed by atoms with Crippen LogP contribution in [0.15, 0.2) is 146 Å². The fourth-order valence-electron chi connectivity index (χ4n) is 13.0. The largest absolute Gasteiger partial charge is 0.508 e. The second-order valence-corrected chi connectivity index (χ2v) is 29.5. The van der Waals surface area contributed by atoms with Crippen LogP contribution in [-0.4, -0.2) is 210 Å². The Kier molecular flexibility index (Phi) is 38.9. The fourth-order valence-corrected chi connectivity index (χ4v) is 13.0. The summed E-state index contributed by atoms with van der Waals surface area (Å²) >= 11 is 0. The summed E-state index contributed by atoms with van der Waals surface area (Å²) in [5, 5.41) is 81.5. The number of phenolic OH excluding ortho intramolecular Hbond substituents is 1. The van der Waals surface area contributed by atoms with Crippen molar-refractivity contribution >= 4 is 108 Å². The van der Waals surface area contributed by atoms with E-state index in [0.29, 0.717) is 27.8 Å². The topological polar surface area (TPSA) is 650 Å². The second kappa shape index (κ2) is 48.9. The predicted molar refractivity (Wildman–Crippen MR) is 444 cm³/mol. The first-order chi connectivity index (χ1) is 57.1. The molecule has 0 spiro atoms. The van der Waals surface area contributed by atoms with E-state index in [1.54, 1.807) is 135 Å². The Balaban J connectivity index is 1.52. The third-order valence-corrected chi connectivity index (χ3v) is 19.3. The molecule has 1 fully saturated rings. The van der Waals surface area contributed by atoms with Crippen molar-refractivity contribution in [2.45, 2.75) is 183 Å². The molecular formula is C81H110BN22O16. The molecule has 0 aromatic heterocycles. The molecule has 120 heavy (non-hydrogen) atoms. The third-order valence-electron chi connectivity index (χ3n) is 19.3. The van der Waals surface area contributed by atoms with Gasteiger partial charge in [-0.05, 0) is 97.7 Å². The molecule has 1 aliphatic heterocycles. The highest BCUT2D eigenvalue weighted by Crippen LogP contribution is 2.20. The number of rotatable bonds is 28. The number of aliphatic hydroxyl groups is 1. The van der Waals surface area contributed by atoms with E-state index in [1.165, 1.54) is 24.3 Å². The number of nitrogens with two attached hydrogens (primary N) is 5. The van der Waals surface area contributed by atoms with Gasteiger partial charge >= 0.3 is 0 Å². The van der Waals surface area contributed by atoms with Gasteiger partial charge in [-0.3, -0.25) is 78.6 Å². The summed E-state index contributed by atoms with van der Waals surface area (Å²) in [4.78, 5) is 205. The van der Waals surface area contributed by atoms with Gasteiger partial charge in [0, 0.05) is 51.2 Å². The molecule has 5 aromatic carbocycles. The molecule has 1 aliphatic rings. The van der Waals surface area contributed by atoms with Crippen LogP contribution in [0.3, 0.4) is 0 Å². The monoisotopic (exact) mass is 1660 g/mol. The molecule has 13 atom stereocenters. The highest BCUT2D eigenvalue weighted by molar-refractivity contribution is 6.75. The maximum absolute atomic E-state index is 15.2. The minimum Gasteiger partial charge on any atom is -0.508 e. The van der Waals surface area contributed by atoms with Crippen LogP contribution >= 0.6 is 0 Å². The molecule has 38 nitrogen and oxygen atoms in total. The van der Waals surface area contributed by atoms with Gasteiger partial charge in [-0.15, -0.1) is 0 Å². The van der Waals surface area contributed by atoms with Crippen LogP contribution in [-0.2, 0) is 99.2 Å². The first kappa shape index (κ1) is 95.4. The fraction of sp³-hybridized carbons (Fsp3) is 0.420. The van der Waals surface area contributed by atoms with Crippen LogP contribution in [0, 0.1) is 28.1 Å². The quantitative estimate of drug-likeness (QED) is 0.00985. The van der Waals surface area contributed by atoms with Crippen molar-refractivity contribution in [3.63, 3.8) is 0 Å². The van der Waals surface area contributed by atoms with Crippen molar-refractivity contribution in [3.8, 4) is 5.75 Å². The Labute approximate surface area is 695 Å². The third kappa shape index (κ3) is 33.6. The van der Waals surface area contributed by atoms with Crippen molar-refractivity contribution in [2.24, 2.45) is 40.5 Å². The van der Waals surface area contributed by atoms with E-state index in [4.69, 9.17) is 44.9 Å². The predicted octanol–water partition coefficient (Wildman–Crippen LogP) is -3.91. The zero-order valence-corrected chi connectivity index (χ0v) is 67.0. The van der Waals surface area contributed by atoms with Gasteiger partial charge in [-0.2, -0.15) is 0 Å². The summed E-state index contributed by atoms with van der Waals surface area (Å²) in [7, 11) is 1.16. The lowest BCUT2D eigenvalue weighted by molar-refractivity contribution is -0.137. The molecular weight excluding hydrogens is 1550 g/mol. The molecule has 0 saturated carbocycles. The highest BCUT2D eigenvalue weighted by Gasteiger charge is 2.40. The average Bonchev–Trinajstić information content (AvgIpc) is 0.846. The number of carbonyl (C=O) groups excluding carboxylic acids is 14. The summed E-state index contributed by atoms with van der Waals surface area (Å²) < 4.78 is 0. The maximum Gasteiger partial charge on any atom is 0.245 e. The minimum absolute atomic E-state index is 0.0168. The van der Waals surface area contributed by atoms with Gasteiger partial charge in [0.15, 0.2) is 17.9 Å². The standard InChI is InChI=1S/C81H110BN22O16/c1-45(2)65-77(119)102-62(43-64(84)108)75(117)99-57(38-47-19-8-4-9-20-47)72(114)95-55(28-17-35-92-80(87)88)69(111)100-61(42-63(83)107)74(116)98-58(39-48-21-10-5-11-22-48)73(115)96-56(29-18-36-93-81(89)90)70(112)104-66(46(3)105)78(120)101-59(40-49-23-12-6-13-24-49)71(113)94-54(27-16-34-91-79(85)86)67(109)82-44-52(37-51-30-32-53(106)33-31-51)68(110)97-60(76(118)103-65)41-50-25-14-7-15-26-50/h4-15,19-26,30-33,45-46,52,54-62,65-66,105-106H,16-18,27-29,34-44H2,1-3H3,(H2,83,107)(H2,84,108)(H,94,113)(H,95,114)(H,96,115)(H,97,110)(H,98,116)(H,99,117)(H,100,111)(H,101,120)(H,102,119)(H,103,118)(H,104,112)(H4,85,86,91)(H4,87,88,92)(H4,89,90,93)/t46-,52?,54+,55+,56+,57+,58+,59+,60+,61+,62+,65?,66+/m1/s1. The summed E-state index contributed by atoms with van der Waals surface area (Å²) in [6.07, 6.45) is -6.05. The van der Waals surface area contributed by atoms with E-state index < -0.39 is 198 Å². The molecule has 2 unspecified atom stereocenters. The molecule has 0 bridgehead atoms. The number of benzene rings is 5. The van der Waals surface area contributed by atoms with Crippen molar-refractivity contribution in [3.05, 3.63) is 173 Å². The second-order valence-electron chi connectivity index (χ2n) is 29.5. The molecule has 29 N–H and O–H groups in total. The summed E-state index contributed by atoms with van der Waals surface area (Å²) in [6.45, 7) is 4.13. The number of guanidine groups is 3. The highest BCUT2D eigenvalue weighted by atomic mass is 16.3. The number of amides is 13. The van der Waals surface area contributed by atoms with Gasteiger partial charge in [-0.25, -0.2) is 0 Å². The summed E-state index contributed by atoms with van der Waals surface area (Å²) in [6, 6.07) is 20.0. The Hall–Kier alpha value is -13.5. The molecule has 6 rings (SSSR count). The molecule has 1 radical (unpaired) electrons. The van der Waals surface area contributed by atoms with Crippen LogP contribution in [0.25, 0.3) is 0 Å². The lowest BCUT2D eigenvalue weighted by atomic mass is 9.62. The van der Waals surface area contributed by atoms with Gasteiger partial charge in [0.1, 0.15) is 71.9 Å². The smallest absolute Gasteiger partial charge is 0.245 e. The average molecular weight is 1660 g/mol. The molecule has 1 saturated heterocycles. The minimum atomic E-state index is -1.95. The number of nitrogens with one attached hydrogen (secondary N) is 17. The van der Waals surface area contributed by atoms with E-state index in [1.807, 2.05) is 0 Å². The van der Waals surface area contributed by atoms with Crippen LogP contribution in [0.1, 0.15) is 100.0 Å². The number of hydrogen-bond donors (Lipinski definition) is 24. The van der Waals surface area contributed by atoms with E-state index in [0.717, 1.165) is 14.2 Å². The zero-order valence-electron chi connectivity index (χ0n) is 67.0. The first-order valence-corrected chi connectivity index (χ1v) is 39.3. The maximum atomic E-state index is 15.2. The van der Waals surface area contributed by atoms with Crippen molar-refractivity contribution in [1.29, 1.82) is 16.2 Å². The van der Waals surface area contributed by atoms with Crippen LogP contribution in [0.5, 0.6) is 5.75 Å². The van der Waals surface area contributed by atoms with Crippen LogP contribution in [0.4, 0.5) is 0 Å². The van der Waals surface area contributed by atoms with Crippen molar-refractivity contribution in [1.82, 2.24) is 74.4 Å². The lowest BCUT2D eigenvalue weighted by Crippen LogP contribution is -2.62. The Bertz CT molecular complexity index is 4350. The normalized spacial score (nSPS) is 22.4. The van der Waals surface area contributed by atoms with Gasteiger partial charge < -0.3 is 118 Å². The van der Waals surface area contributed by atoms with Gasteiger partial charge in [0.05, 0.1) is 25.0 Å². The zero-order chi connectivity index (χ0) is 88.0. The number of phenols is 1. The first-order valence-electron chi connectivity index (χ1n) is 39.3. The molecule has 0 aliphatic carbocycles. The van der Waals surface area contributed by atoms with Gasteiger partial charge in [-0.1, -0.05) is 154 Å². The Morgan fingerprint density at radius 3 is 1.00 bits per heavy atom. The summed E-state index contributed by atoms with van der Waals surface area (Å²) in [5.74, 6) is -17.5. The van der Waals surface area contributed by atoms with Crippen LogP contribution < -0.4 is 103 Å². The molecule has 39 heteroatoms. The SMILES string of the molecule is CC(C)C1NC(=O)[C@H](Cc2ccccc2)NC(=O)C(Cc2ccc(O)cc2)C[B]C(=O)[C@H](CCCNC(=N)N)NC(=O)[C@H](Cc2ccccc2)NC(=O)[C@H]([C@@H](C)O)NC(=O)[C@H](CCCNC(=N)N)NC(=O)[C@H](Cc2ccccc2)NC(=O)[C@H](CC(N)=O)NC(=O)[C@H](CCCNC(=N)N)NC(=O)[C@H](Cc2ccccc2)NC(=O)[C@H](CC(N)=O)NC1=O. The van der Waals surface area contributed by atoms with Crippen molar-refractivity contribution < 1.29 is 77.3 Å².